The summed E-state index contributed by atoms with van der Waals surface area (Å²) in [6.07, 6.45) is 3.93. The molecular weight excluding hydrogens is 202 g/mol. The Hall–Kier alpha value is -2.16. The van der Waals surface area contributed by atoms with E-state index in [0.29, 0.717) is 5.56 Å². The van der Waals surface area contributed by atoms with E-state index in [4.69, 9.17) is 0 Å². The Morgan fingerprint density at radius 1 is 1.12 bits per heavy atom. The lowest BCUT2D eigenvalue weighted by Crippen LogP contribution is -1.86. The van der Waals surface area contributed by atoms with Crippen LogP contribution in [0.15, 0.2) is 36.7 Å². The van der Waals surface area contributed by atoms with E-state index in [1.54, 1.807) is 24.4 Å². The van der Waals surface area contributed by atoms with Gasteiger partial charge < -0.3 is 5.11 Å². The molecule has 80 valence electrons. The van der Waals surface area contributed by atoms with Gasteiger partial charge in [0.2, 0.25) is 0 Å². The van der Waals surface area contributed by atoms with Gasteiger partial charge in [0, 0.05) is 23.5 Å². The largest absolute Gasteiger partial charge is 0.508 e. The van der Waals surface area contributed by atoms with Crippen molar-refractivity contribution in [1.29, 1.82) is 0 Å². The number of nitrogens with zero attached hydrogens (tertiary/aromatic N) is 1. The van der Waals surface area contributed by atoms with E-state index in [1.165, 1.54) is 6.20 Å². The van der Waals surface area contributed by atoms with Gasteiger partial charge in [-0.1, -0.05) is 6.07 Å². The van der Waals surface area contributed by atoms with E-state index in [0.717, 1.165) is 23.0 Å². The molecule has 2 aromatic rings. The molecule has 0 saturated heterocycles. The van der Waals surface area contributed by atoms with Crippen LogP contribution >= 0.6 is 0 Å². The third kappa shape index (κ3) is 2.08. The molecule has 2 rings (SSSR count). The summed E-state index contributed by atoms with van der Waals surface area (Å²) >= 11 is 0. The first kappa shape index (κ1) is 10.4. The average molecular weight is 213 g/mol. The summed E-state index contributed by atoms with van der Waals surface area (Å²) in [5, 5.41) is 9.49. The maximum atomic E-state index is 10.6. The zero-order valence-corrected chi connectivity index (χ0v) is 8.84. The number of pyridine rings is 1. The van der Waals surface area contributed by atoms with Gasteiger partial charge in [-0.3, -0.25) is 9.78 Å². The van der Waals surface area contributed by atoms with Crippen molar-refractivity contribution in [3.8, 4) is 16.9 Å². The molecule has 0 bridgehead atoms. The Labute approximate surface area is 93.4 Å². The molecule has 0 saturated carbocycles. The van der Waals surface area contributed by atoms with Gasteiger partial charge >= 0.3 is 0 Å². The van der Waals surface area contributed by atoms with Gasteiger partial charge in [-0.2, -0.15) is 0 Å². The van der Waals surface area contributed by atoms with Crippen LogP contribution in [0.25, 0.3) is 11.1 Å². The molecule has 0 aliphatic carbocycles. The van der Waals surface area contributed by atoms with Crippen molar-refractivity contribution in [1.82, 2.24) is 4.98 Å². The highest BCUT2D eigenvalue weighted by Gasteiger charge is 2.02. The molecule has 0 atom stereocenters. The van der Waals surface area contributed by atoms with Crippen LogP contribution in [0.3, 0.4) is 0 Å². The zero-order chi connectivity index (χ0) is 11.5. The molecule has 1 heterocycles. The van der Waals surface area contributed by atoms with Crippen molar-refractivity contribution >= 4 is 6.29 Å². The molecule has 0 amide bonds. The Bertz CT molecular complexity index is 515. The molecule has 1 aromatic heterocycles. The summed E-state index contributed by atoms with van der Waals surface area (Å²) in [6, 6.07) is 7.01. The standard InChI is InChI=1S/C13H11NO2/c1-9-2-11(5-13(16)3-9)12-4-10(8-15)6-14-7-12/h2-8,16H,1H3. The van der Waals surface area contributed by atoms with E-state index in [1.807, 2.05) is 13.0 Å². The lowest BCUT2D eigenvalue weighted by Gasteiger charge is -2.04. The quantitative estimate of drug-likeness (QED) is 0.780. The lowest BCUT2D eigenvalue weighted by molar-refractivity contribution is 0.112. The molecule has 16 heavy (non-hydrogen) atoms. The molecule has 0 aliphatic rings. The van der Waals surface area contributed by atoms with Gasteiger partial charge in [0.05, 0.1) is 0 Å². The maximum absolute atomic E-state index is 10.6. The topological polar surface area (TPSA) is 50.2 Å². The van der Waals surface area contributed by atoms with Crippen LogP contribution in [0.4, 0.5) is 0 Å². The number of aromatic hydroxyl groups is 1. The van der Waals surface area contributed by atoms with E-state index < -0.39 is 0 Å². The van der Waals surface area contributed by atoms with Gasteiger partial charge in [-0.05, 0) is 36.2 Å². The van der Waals surface area contributed by atoms with Crippen molar-refractivity contribution in [3.63, 3.8) is 0 Å². The van der Waals surface area contributed by atoms with E-state index in [-0.39, 0.29) is 5.75 Å². The zero-order valence-electron chi connectivity index (χ0n) is 8.84. The summed E-state index contributed by atoms with van der Waals surface area (Å²) < 4.78 is 0. The van der Waals surface area contributed by atoms with Gasteiger partial charge in [0.25, 0.3) is 0 Å². The lowest BCUT2D eigenvalue weighted by atomic mass is 10.0. The molecular formula is C13H11NO2. The predicted octanol–water partition coefficient (Wildman–Crippen LogP) is 2.58. The number of rotatable bonds is 2. The Morgan fingerprint density at radius 3 is 2.62 bits per heavy atom. The second-order valence-corrected chi connectivity index (χ2v) is 3.68. The fraction of sp³-hybridized carbons (Fsp3) is 0.0769. The van der Waals surface area contributed by atoms with Crippen LogP contribution in [0.2, 0.25) is 0 Å². The Balaban J connectivity index is 2.53. The van der Waals surface area contributed by atoms with Gasteiger partial charge in [0.1, 0.15) is 5.75 Å². The van der Waals surface area contributed by atoms with E-state index >= 15 is 0 Å². The fourth-order valence-corrected chi connectivity index (χ4v) is 1.61. The normalized spacial score (nSPS) is 10.1. The molecule has 0 spiro atoms. The van der Waals surface area contributed by atoms with Crippen LogP contribution in [-0.2, 0) is 0 Å². The highest BCUT2D eigenvalue weighted by molar-refractivity contribution is 5.78. The number of hydrogen-bond donors (Lipinski definition) is 1. The predicted molar refractivity (Wildman–Crippen MR) is 61.5 cm³/mol. The summed E-state index contributed by atoms with van der Waals surface area (Å²) in [4.78, 5) is 14.6. The van der Waals surface area contributed by atoms with Gasteiger partial charge in [-0.25, -0.2) is 0 Å². The number of aldehydes is 1. The van der Waals surface area contributed by atoms with Crippen molar-refractivity contribution in [2.24, 2.45) is 0 Å². The second-order valence-electron chi connectivity index (χ2n) is 3.68. The molecule has 1 aromatic carbocycles. The highest BCUT2D eigenvalue weighted by Crippen LogP contribution is 2.24. The number of carbonyl (C=O) groups is 1. The summed E-state index contributed by atoms with van der Waals surface area (Å²) in [7, 11) is 0. The average Bonchev–Trinajstić information content (AvgIpc) is 2.28. The molecule has 0 unspecified atom stereocenters. The minimum Gasteiger partial charge on any atom is -0.508 e. The van der Waals surface area contributed by atoms with Crippen LogP contribution in [0.5, 0.6) is 5.75 Å². The van der Waals surface area contributed by atoms with Crippen LogP contribution in [0.1, 0.15) is 15.9 Å². The first-order valence-electron chi connectivity index (χ1n) is 4.90. The van der Waals surface area contributed by atoms with Crippen molar-refractivity contribution in [2.45, 2.75) is 6.92 Å². The first-order valence-corrected chi connectivity index (χ1v) is 4.90. The van der Waals surface area contributed by atoms with Crippen molar-refractivity contribution in [3.05, 3.63) is 47.8 Å². The molecule has 3 nitrogen and oxygen atoms in total. The number of carbonyl (C=O) groups excluding carboxylic acids is 1. The SMILES string of the molecule is Cc1cc(O)cc(-c2cncc(C=O)c2)c1. The van der Waals surface area contributed by atoms with Gasteiger partial charge in [0.15, 0.2) is 6.29 Å². The minimum absolute atomic E-state index is 0.214. The number of aromatic nitrogens is 1. The van der Waals surface area contributed by atoms with E-state index in [2.05, 4.69) is 4.98 Å². The first-order chi connectivity index (χ1) is 7.69. The van der Waals surface area contributed by atoms with Gasteiger partial charge in [-0.15, -0.1) is 0 Å². The monoisotopic (exact) mass is 213 g/mol. The minimum atomic E-state index is 0.214. The summed E-state index contributed by atoms with van der Waals surface area (Å²) in [6.45, 7) is 1.90. The Morgan fingerprint density at radius 2 is 1.94 bits per heavy atom. The molecule has 3 heteroatoms. The smallest absolute Gasteiger partial charge is 0.151 e. The van der Waals surface area contributed by atoms with Crippen molar-refractivity contribution < 1.29 is 9.90 Å². The van der Waals surface area contributed by atoms with E-state index in [9.17, 15) is 9.90 Å². The second kappa shape index (κ2) is 4.14. The molecule has 0 fully saturated rings. The van der Waals surface area contributed by atoms with Crippen LogP contribution in [0, 0.1) is 6.92 Å². The summed E-state index contributed by atoms with van der Waals surface area (Å²) in [5.41, 5.74) is 3.17. The maximum Gasteiger partial charge on any atom is 0.151 e. The molecule has 0 radical (unpaired) electrons. The number of benzene rings is 1. The fourth-order valence-electron chi connectivity index (χ4n) is 1.61. The number of phenolic OH excluding ortho intramolecular Hbond substituents is 1. The molecule has 0 aliphatic heterocycles. The highest BCUT2D eigenvalue weighted by atomic mass is 16.3. The summed E-state index contributed by atoms with van der Waals surface area (Å²) in [5.74, 6) is 0.214. The van der Waals surface area contributed by atoms with Crippen LogP contribution in [-0.4, -0.2) is 16.4 Å². The number of hydrogen-bond acceptors (Lipinski definition) is 3. The Kier molecular flexibility index (Phi) is 2.68. The number of phenols is 1. The molecule has 1 N–H and O–H groups in total. The third-order valence-electron chi connectivity index (χ3n) is 2.29. The van der Waals surface area contributed by atoms with Crippen molar-refractivity contribution in [2.75, 3.05) is 0 Å². The third-order valence-corrected chi connectivity index (χ3v) is 2.29. The van der Waals surface area contributed by atoms with Crippen LogP contribution < -0.4 is 0 Å². The number of aryl methyl sites for hydroxylation is 1.